The summed E-state index contributed by atoms with van der Waals surface area (Å²) in [4.78, 5) is 15.3. The molecular formula is C10H16N2O2S2. The number of nitrogens with one attached hydrogen (secondary N) is 1. The predicted molar refractivity (Wildman–Crippen MR) is 69.5 cm³/mol. The molecule has 1 rings (SSSR count). The molecule has 0 saturated carbocycles. The molecule has 1 atom stereocenters. The maximum absolute atomic E-state index is 11.2. The molecule has 0 aliphatic heterocycles. The van der Waals surface area contributed by atoms with E-state index in [1.54, 1.807) is 5.38 Å². The van der Waals surface area contributed by atoms with Gasteiger partial charge in [-0.15, -0.1) is 11.3 Å². The van der Waals surface area contributed by atoms with Gasteiger partial charge in [-0.2, -0.15) is 11.8 Å². The number of hydrogen-bond donors (Lipinski definition) is 1. The molecule has 0 amide bonds. The Morgan fingerprint density at radius 3 is 3.12 bits per heavy atom. The average Bonchev–Trinajstić information content (AvgIpc) is 2.74. The number of carbonyl (C=O) groups excluding carboxylic acids is 1. The predicted octanol–water partition coefficient (Wildman–Crippen LogP) is 2.34. The van der Waals surface area contributed by atoms with Gasteiger partial charge in [-0.3, -0.25) is 0 Å². The zero-order chi connectivity index (χ0) is 12.0. The maximum Gasteiger partial charge on any atom is 0.357 e. The maximum atomic E-state index is 11.2. The highest BCUT2D eigenvalue weighted by molar-refractivity contribution is 7.98. The van der Waals surface area contributed by atoms with Crippen molar-refractivity contribution in [3.05, 3.63) is 11.1 Å². The first-order valence-electron chi connectivity index (χ1n) is 4.94. The van der Waals surface area contributed by atoms with Crippen LogP contribution in [0.5, 0.6) is 0 Å². The van der Waals surface area contributed by atoms with E-state index in [-0.39, 0.29) is 5.97 Å². The molecule has 0 aliphatic carbocycles. The van der Waals surface area contributed by atoms with Gasteiger partial charge in [0, 0.05) is 11.9 Å². The van der Waals surface area contributed by atoms with Crippen LogP contribution in [0.4, 0.5) is 5.13 Å². The first-order chi connectivity index (χ1) is 7.67. The molecule has 0 saturated heterocycles. The van der Waals surface area contributed by atoms with Crippen molar-refractivity contribution in [1.82, 2.24) is 4.98 Å². The number of thiazole rings is 1. The SMILES string of the molecule is COC(=O)c1csc(NCC(C)CSC)n1. The van der Waals surface area contributed by atoms with Crippen molar-refractivity contribution in [1.29, 1.82) is 0 Å². The van der Waals surface area contributed by atoms with Crippen LogP contribution in [0.2, 0.25) is 0 Å². The highest BCUT2D eigenvalue weighted by Gasteiger charge is 2.10. The first kappa shape index (κ1) is 13.3. The highest BCUT2D eigenvalue weighted by Crippen LogP contribution is 2.16. The van der Waals surface area contributed by atoms with Gasteiger partial charge >= 0.3 is 5.97 Å². The van der Waals surface area contributed by atoms with Crippen molar-refractivity contribution in [2.45, 2.75) is 6.92 Å². The van der Waals surface area contributed by atoms with Gasteiger partial charge in [0.2, 0.25) is 0 Å². The lowest BCUT2D eigenvalue weighted by Crippen LogP contribution is -2.13. The number of ether oxygens (including phenoxy) is 1. The minimum absolute atomic E-state index is 0.368. The third-order valence-corrected chi connectivity index (χ3v) is 3.65. The van der Waals surface area contributed by atoms with Crippen LogP contribution >= 0.6 is 23.1 Å². The van der Waals surface area contributed by atoms with Gasteiger partial charge in [-0.25, -0.2) is 9.78 Å². The normalized spacial score (nSPS) is 12.2. The Morgan fingerprint density at radius 1 is 1.75 bits per heavy atom. The van der Waals surface area contributed by atoms with E-state index in [4.69, 9.17) is 0 Å². The Hall–Kier alpha value is -0.750. The molecule has 0 aliphatic rings. The molecule has 1 aromatic rings. The minimum Gasteiger partial charge on any atom is -0.464 e. The Labute approximate surface area is 104 Å². The van der Waals surface area contributed by atoms with Gasteiger partial charge in [-0.1, -0.05) is 6.92 Å². The van der Waals surface area contributed by atoms with Gasteiger partial charge in [-0.05, 0) is 17.9 Å². The monoisotopic (exact) mass is 260 g/mol. The third kappa shape index (κ3) is 4.02. The molecule has 0 aromatic carbocycles. The number of rotatable bonds is 6. The summed E-state index contributed by atoms with van der Waals surface area (Å²) < 4.78 is 4.59. The van der Waals surface area contributed by atoms with E-state index in [1.165, 1.54) is 18.4 Å². The molecular weight excluding hydrogens is 244 g/mol. The van der Waals surface area contributed by atoms with Gasteiger partial charge in [0.25, 0.3) is 0 Å². The van der Waals surface area contributed by atoms with Crippen molar-refractivity contribution in [2.75, 3.05) is 31.0 Å². The van der Waals surface area contributed by atoms with Crippen molar-refractivity contribution in [2.24, 2.45) is 5.92 Å². The smallest absolute Gasteiger partial charge is 0.357 e. The molecule has 0 fully saturated rings. The number of thioether (sulfide) groups is 1. The van der Waals surface area contributed by atoms with Crippen LogP contribution in [0, 0.1) is 5.92 Å². The summed E-state index contributed by atoms with van der Waals surface area (Å²) in [5.74, 6) is 1.31. The Balaban J connectivity index is 2.43. The Bertz CT molecular complexity index is 341. The summed E-state index contributed by atoms with van der Waals surface area (Å²) in [5.41, 5.74) is 0.368. The van der Waals surface area contributed by atoms with E-state index in [1.807, 2.05) is 11.8 Å². The lowest BCUT2D eigenvalue weighted by Gasteiger charge is -2.09. The summed E-state index contributed by atoms with van der Waals surface area (Å²) in [6, 6.07) is 0. The fraction of sp³-hybridized carbons (Fsp3) is 0.600. The van der Waals surface area contributed by atoms with E-state index in [0.717, 1.165) is 17.4 Å². The largest absolute Gasteiger partial charge is 0.464 e. The Morgan fingerprint density at radius 2 is 2.50 bits per heavy atom. The summed E-state index contributed by atoms with van der Waals surface area (Å²) >= 11 is 3.25. The number of nitrogens with zero attached hydrogens (tertiary/aromatic N) is 1. The second-order valence-corrected chi connectivity index (χ2v) is 5.24. The lowest BCUT2D eigenvalue weighted by molar-refractivity contribution is 0.0595. The highest BCUT2D eigenvalue weighted by atomic mass is 32.2. The number of methoxy groups -OCH3 is 1. The van der Waals surface area contributed by atoms with E-state index in [2.05, 4.69) is 28.2 Å². The van der Waals surface area contributed by atoms with Crippen LogP contribution in [0.3, 0.4) is 0 Å². The molecule has 16 heavy (non-hydrogen) atoms. The first-order valence-corrected chi connectivity index (χ1v) is 7.21. The van der Waals surface area contributed by atoms with Crippen molar-refractivity contribution in [3.8, 4) is 0 Å². The number of carbonyl (C=O) groups is 1. The van der Waals surface area contributed by atoms with Crippen molar-refractivity contribution >= 4 is 34.2 Å². The standard InChI is InChI=1S/C10H16N2O2S2/c1-7(5-15-3)4-11-10-12-8(6-16-10)9(13)14-2/h6-7H,4-5H2,1-3H3,(H,11,12). The lowest BCUT2D eigenvalue weighted by atomic mass is 10.2. The van der Waals surface area contributed by atoms with E-state index in [0.29, 0.717) is 11.6 Å². The van der Waals surface area contributed by atoms with Gasteiger partial charge in [0.1, 0.15) is 0 Å². The number of anilines is 1. The molecule has 1 heterocycles. The van der Waals surface area contributed by atoms with Crippen LogP contribution in [0.1, 0.15) is 17.4 Å². The molecule has 0 bridgehead atoms. The summed E-state index contributed by atoms with van der Waals surface area (Å²) in [7, 11) is 1.36. The molecule has 1 N–H and O–H groups in total. The topological polar surface area (TPSA) is 51.2 Å². The van der Waals surface area contributed by atoms with Gasteiger partial charge in [0.05, 0.1) is 7.11 Å². The minimum atomic E-state index is -0.388. The molecule has 6 heteroatoms. The zero-order valence-electron chi connectivity index (χ0n) is 9.65. The average molecular weight is 260 g/mol. The summed E-state index contributed by atoms with van der Waals surface area (Å²) in [6.45, 7) is 3.05. The number of esters is 1. The second kappa shape index (κ2) is 6.75. The molecule has 4 nitrogen and oxygen atoms in total. The summed E-state index contributed by atoms with van der Waals surface area (Å²) in [6.07, 6.45) is 2.09. The third-order valence-electron chi connectivity index (χ3n) is 1.95. The molecule has 0 radical (unpaired) electrons. The van der Waals surface area contributed by atoms with E-state index in [9.17, 15) is 4.79 Å². The van der Waals surface area contributed by atoms with Crippen LogP contribution in [0.15, 0.2) is 5.38 Å². The number of hydrogen-bond acceptors (Lipinski definition) is 6. The van der Waals surface area contributed by atoms with Crippen LogP contribution in [-0.4, -0.2) is 36.6 Å². The fourth-order valence-corrected chi connectivity index (χ4v) is 2.54. The molecule has 1 aromatic heterocycles. The van der Waals surface area contributed by atoms with Gasteiger partial charge in [0.15, 0.2) is 10.8 Å². The Kier molecular flexibility index (Phi) is 5.62. The fourth-order valence-electron chi connectivity index (χ4n) is 1.16. The van der Waals surface area contributed by atoms with E-state index >= 15 is 0 Å². The second-order valence-electron chi connectivity index (χ2n) is 3.47. The molecule has 1 unspecified atom stereocenters. The van der Waals surface area contributed by atoms with Crippen LogP contribution < -0.4 is 5.32 Å². The molecule has 0 spiro atoms. The molecule has 90 valence electrons. The van der Waals surface area contributed by atoms with Gasteiger partial charge < -0.3 is 10.1 Å². The van der Waals surface area contributed by atoms with Crippen LogP contribution in [0.25, 0.3) is 0 Å². The van der Waals surface area contributed by atoms with Crippen molar-refractivity contribution < 1.29 is 9.53 Å². The van der Waals surface area contributed by atoms with E-state index < -0.39 is 0 Å². The zero-order valence-corrected chi connectivity index (χ0v) is 11.3. The van der Waals surface area contributed by atoms with Crippen LogP contribution in [-0.2, 0) is 4.74 Å². The quantitative estimate of drug-likeness (QED) is 0.796. The van der Waals surface area contributed by atoms with Crippen molar-refractivity contribution in [3.63, 3.8) is 0 Å². The summed E-state index contributed by atoms with van der Waals surface area (Å²) in [5, 5.41) is 5.69. The number of aromatic nitrogens is 1.